The van der Waals surface area contributed by atoms with E-state index in [2.05, 4.69) is 0 Å². The summed E-state index contributed by atoms with van der Waals surface area (Å²) in [5.41, 5.74) is 0.897. The van der Waals surface area contributed by atoms with E-state index in [0.717, 1.165) is 21.2 Å². The van der Waals surface area contributed by atoms with Crippen LogP contribution in [0, 0.1) is 11.8 Å². The monoisotopic (exact) mass is 349 g/mol. The number of benzene rings is 2. The van der Waals surface area contributed by atoms with Gasteiger partial charge in [0.15, 0.2) is 0 Å². The maximum absolute atomic E-state index is 12.4. The highest BCUT2D eigenvalue weighted by molar-refractivity contribution is 6.07. The maximum atomic E-state index is 12.4. The summed E-state index contributed by atoms with van der Waals surface area (Å²) in [7, 11) is 0. The Bertz CT molecular complexity index is 886. The van der Waals surface area contributed by atoms with Crippen LogP contribution in [-0.2, 0) is 25.7 Å². The largest absolute Gasteiger partial charge is 0.459 e. The number of likely N-dealkylation sites (tertiary alicyclic amines) is 1. The Morgan fingerprint density at radius 3 is 2.35 bits per heavy atom. The van der Waals surface area contributed by atoms with E-state index in [1.54, 1.807) is 0 Å². The van der Waals surface area contributed by atoms with Crippen LogP contribution in [-0.4, -0.2) is 29.2 Å². The van der Waals surface area contributed by atoms with Crippen molar-refractivity contribution in [2.45, 2.75) is 19.4 Å². The van der Waals surface area contributed by atoms with Crippen molar-refractivity contribution in [3.63, 3.8) is 0 Å². The van der Waals surface area contributed by atoms with Crippen LogP contribution < -0.4 is 0 Å². The van der Waals surface area contributed by atoms with E-state index < -0.39 is 5.97 Å². The number of carbonyl (C=O) groups excluding carboxylic acids is 3. The summed E-state index contributed by atoms with van der Waals surface area (Å²) >= 11 is 0. The van der Waals surface area contributed by atoms with Crippen molar-refractivity contribution in [1.29, 1.82) is 0 Å². The molecule has 0 radical (unpaired) electrons. The average molecular weight is 349 g/mol. The highest BCUT2D eigenvalue weighted by atomic mass is 16.5. The van der Waals surface area contributed by atoms with Gasteiger partial charge in [0.2, 0.25) is 11.8 Å². The number of ether oxygens (including phenoxy) is 1. The molecule has 4 rings (SSSR count). The van der Waals surface area contributed by atoms with Crippen LogP contribution in [0.2, 0.25) is 0 Å². The molecule has 2 aliphatic rings. The molecule has 2 aromatic rings. The number of fused-ring (bicyclic) bond motifs is 2. The zero-order valence-corrected chi connectivity index (χ0v) is 14.3. The molecule has 5 heteroatoms. The predicted octanol–water partition coefficient (Wildman–Crippen LogP) is 2.83. The van der Waals surface area contributed by atoms with Gasteiger partial charge in [0.1, 0.15) is 13.2 Å². The van der Waals surface area contributed by atoms with Gasteiger partial charge in [-0.3, -0.25) is 19.3 Å². The van der Waals surface area contributed by atoms with Crippen molar-refractivity contribution in [2.24, 2.45) is 11.8 Å². The number of amides is 2. The number of allylic oxidation sites excluding steroid dienone is 2. The van der Waals surface area contributed by atoms with Crippen molar-refractivity contribution in [3.05, 3.63) is 60.2 Å². The third kappa shape index (κ3) is 2.90. The van der Waals surface area contributed by atoms with E-state index >= 15 is 0 Å². The van der Waals surface area contributed by atoms with Crippen LogP contribution in [0.1, 0.15) is 18.4 Å². The number of rotatable bonds is 4. The quantitative estimate of drug-likeness (QED) is 0.484. The van der Waals surface area contributed by atoms with E-state index in [-0.39, 0.29) is 36.8 Å². The number of esters is 1. The highest BCUT2D eigenvalue weighted by Crippen LogP contribution is 2.34. The summed E-state index contributed by atoms with van der Waals surface area (Å²) < 4.78 is 5.35. The van der Waals surface area contributed by atoms with Gasteiger partial charge in [-0.15, -0.1) is 0 Å². The summed E-state index contributed by atoms with van der Waals surface area (Å²) in [4.78, 5) is 38.1. The third-order valence-electron chi connectivity index (χ3n) is 5.15. The molecule has 1 heterocycles. The number of carbonyl (C=O) groups is 3. The lowest BCUT2D eigenvalue weighted by molar-refractivity contribution is -0.153. The van der Waals surface area contributed by atoms with Gasteiger partial charge in [0.25, 0.3) is 0 Å². The Kier molecular flexibility index (Phi) is 4.29. The summed E-state index contributed by atoms with van der Waals surface area (Å²) in [6, 6.07) is 13.7. The van der Waals surface area contributed by atoms with Crippen molar-refractivity contribution < 1.29 is 19.1 Å². The molecule has 1 saturated heterocycles. The standard InChI is InChI=1S/C21H19NO4/c23-19(12-22-20(24)17-10-3-4-11-18(17)21(22)25)26-13-15-8-5-7-14-6-1-2-9-16(14)15/h1-9,17-18H,10-13H2. The van der Waals surface area contributed by atoms with Crippen molar-refractivity contribution in [1.82, 2.24) is 4.90 Å². The molecule has 0 N–H and O–H groups in total. The smallest absolute Gasteiger partial charge is 0.326 e. The van der Waals surface area contributed by atoms with Crippen LogP contribution >= 0.6 is 0 Å². The first-order valence-corrected chi connectivity index (χ1v) is 8.77. The lowest BCUT2D eigenvalue weighted by atomic mass is 9.85. The summed E-state index contributed by atoms with van der Waals surface area (Å²) in [5.74, 6) is -1.72. The topological polar surface area (TPSA) is 63.7 Å². The molecule has 26 heavy (non-hydrogen) atoms. The molecule has 1 aliphatic carbocycles. The minimum absolute atomic E-state index is 0.116. The molecular formula is C21H19NO4. The van der Waals surface area contributed by atoms with Gasteiger partial charge in [0.05, 0.1) is 11.8 Å². The molecule has 5 nitrogen and oxygen atoms in total. The van der Waals surface area contributed by atoms with E-state index in [1.807, 2.05) is 54.6 Å². The second-order valence-corrected chi connectivity index (χ2v) is 6.72. The molecule has 0 saturated carbocycles. The first-order chi connectivity index (χ1) is 12.6. The Morgan fingerprint density at radius 1 is 0.962 bits per heavy atom. The number of hydrogen-bond donors (Lipinski definition) is 0. The average Bonchev–Trinajstić information content (AvgIpc) is 2.91. The Balaban J connectivity index is 1.41. The predicted molar refractivity (Wildman–Crippen MR) is 95.8 cm³/mol. The SMILES string of the molecule is O=C(CN1C(=O)C2CC=CCC2C1=O)OCc1cccc2ccccc12. The molecule has 0 bridgehead atoms. The molecule has 2 amide bonds. The van der Waals surface area contributed by atoms with Crippen molar-refractivity contribution in [3.8, 4) is 0 Å². The number of hydrogen-bond acceptors (Lipinski definition) is 4. The fourth-order valence-corrected chi connectivity index (χ4v) is 3.78. The normalized spacial score (nSPS) is 21.9. The highest BCUT2D eigenvalue weighted by Gasteiger charge is 2.47. The summed E-state index contributed by atoms with van der Waals surface area (Å²) in [6.07, 6.45) is 4.98. The molecule has 132 valence electrons. The fraction of sp³-hybridized carbons (Fsp3) is 0.286. The van der Waals surface area contributed by atoms with Crippen LogP contribution in [0.25, 0.3) is 10.8 Å². The minimum Gasteiger partial charge on any atom is -0.459 e. The Labute approximate surface area is 151 Å². The Morgan fingerprint density at radius 2 is 1.62 bits per heavy atom. The Hall–Kier alpha value is -2.95. The van der Waals surface area contributed by atoms with E-state index in [0.29, 0.717) is 12.8 Å². The zero-order valence-electron chi connectivity index (χ0n) is 14.3. The summed E-state index contributed by atoms with van der Waals surface area (Å²) in [6.45, 7) is -0.194. The summed E-state index contributed by atoms with van der Waals surface area (Å²) in [5, 5.41) is 2.09. The van der Waals surface area contributed by atoms with E-state index in [9.17, 15) is 14.4 Å². The molecule has 0 spiro atoms. The molecule has 0 aromatic heterocycles. The van der Waals surface area contributed by atoms with Crippen molar-refractivity contribution in [2.75, 3.05) is 6.54 Å². The molecule has 1 aliphatic heterocycles. The van der Waals surface area contributed by atoms with Gasteiger partial charge in [-0.1, -0.05) is 54.6 Å². The molecule has 2 atom stereocenters. The fourth-order valence-electron chi connectivity index (χ4n) is 3.78. The van der Waals surface area contributed by atoms with Gasteiger partial charge in [-0.25, -0.2) is 0 Å². The number of imide groups is 1. The maximum Gasteiger partial charge on any atom is 0.326 e. The second-order valence-electron chi connectivity index (χ2n) is 6.72. The van der Waals surface area contributed by atoms with Gasteiger partial charge < -0.3 is 4.74 Å². The molecule has 2 aromatic carbocycles. The lowest BCUT2D eigenvalue weighted by Crippen LogP contribution is -2.36. The van der Waals surface area contributed by atoms with Crippen LogP contribution in [0.3, 0.4) is 0 Å². The zero-order chi connectivity index (χ0) is 18.1. The van der Waals surface area contributed by atoms with Gasteiger partial charge in [-0.2, -0.15) is 0 Å². The van der Waals surface area contributed by atoms with Crippen molar-refractivity contribution >= 4 is 28.6 Å². The van der Waals surface area contributed by atoms with Crippen LogP contribution in [0.5, 0.6) is 0 Å². The first kappa shape index (κ1) is 16.5. The van der Waals surface area contributed by atoms with E-state index in [4.69, 9.17) is 4.74 Å². The van der Waals surface area contributed by atoms with Crippen LogP contribution in [0.4, 0.5) is 0 Å². The number of nitrogens with zero attached hydrogens (tertiary/aromatic N) is 1. The van der Waals surface area contributed by atoms with Crippen LogP contribution in [0.15, 0.2) is 54.6 Å². The van der Waals surface area contributed by atoms with E-state index in [1.165, 1.54) is 0 Å². The minimum atomic E-state index is -0.564. The molecular weight excluding hydrogens is 330 g/mol. The van der Waals surface area contributed by atoms with Gasteiger partial charge in [-0.05, 0) is 29.2 Å². The first-order valence-electron chi connectivity index (χ1n) is 8.77. The van der Waals surface area contributed by atoms with Gasteiger partial charge in [0, 0.05) is 0 Å². The molecule has 1 fully saturated rings. The lowest BCUT2D eigenvalue weighted by Gasteiger charge is -2.14. The van der Waals surface area contributed by atoms with Gasteiger partial charge >= 0.3 is 5.97 Å². The third-order valence-corrected chi connectivity index (χ3v) is 5.15. The molecule has 2 unspecified atom stereocenters. The second kappa shape index (κ2) is 6.75.